The van der Waals surface area contributed by atoms with Crippen molar-refractivity contribution in [3.05, 3.63) is 60.7 Å². The number of aromatic nitrogens is 3. The first kappa shape index (κ1) is 9.78. The molecule has 3 rings (SSSR count). The van der Waals surface area contributed by atoms with Gasteiger partial charge in [-0.1, -0.05) is 60.7 Å². The van der Waals surface area contributed by atoms with Gasteiger partial charge in [0.25, 0.3) is 0 Å². The van der Waals surface area contributed by atoms with Crippen molar-refractivity contribution in [2.45, 2.75) is 0 Å². The molecule has 0 saturated heterocycles. The van der Waals surface area contributed by atoms with Crippen LogP contribution in [0.2, 0.25) is 0 Å². The van der Waals surface area contributed by atoms with Gasteiger partial charge in [-0.3, -0.25) is 0 Å². The summed E-state index contributed by atoms with van der Waals surface area (Å²) in [7, 11) is 0. The van der Waals surface area contributed by atoms with Gasteiger partial charge in [-0.05, 0) is 11.1 Å². The summed E-state index contributed by atoms with van der Waals surface area (Å²) in [4.78, 5) is 4.43. The molecule has 0 radical (unpaired) electrons. The van der Waals surface area contributed by atoms with Crippen LogP contribution in [0.25, 0.3) is 22.8 Å². The van der Waals surface area contributed by atoms with Crippen LogP contribution in [0, 0.1) is 0 Å². The van der Waals surface area contributed by atoms with Gasteiger partial charge < -0.3 is 15.2 Å². The lowest BCUT2D eigenvalue weighted by Crippen LogP contribution is -1.83. The molecule has 0 N–H and O–H groups in total. The lowest BCUT2D eigenvalue weighted by molar-refractivity contribution is 1.10. The molecule has 0 spiro atoms. The summed E-state index contributed by atoms with van der Waals surface area (Å²) in [5, 5.41) is 8.20. The normalized spacial score (nSPS) is 10.4. The lowest BCUT2D eigenvalue weighted by atomic mass is 10.2. The zero-order valence-corrected chi connectivity index (χ0v) is 9.12. The van der Waals surface area contributed by atoms with Crippen LogP contribution in [-0.4, -0.2) is 10.2 Å². The molecule has 0 aliphatic heterocycles. The quantitative estimate of drug-likeness (QED) is 0.666. The van der Waals surface area contributed by atoms with Gasteiger partial charge in [0.1, 0.15) is 0 Å². The average Bonchev–Trinajstić information content (AvgIpc) is 2.90. The molecule has 0 bridgehead atoms. The van der Waals surface area contributed by atoms with E-state index in [2.05, 4.69) is 15.2 Å². The first-order chi connectivity index (χ1) is 8.43. The lowest BCUT2D eigenvalue weighted by Gasteiger charge is -2.00. The molecule has 3 aromatic rings. The van der Waals surface area contributed by atoms with Crippen LogP contribution < -0.4 is 4.98 Å². The predicted octanol–water partition coefficient (Wildman–Crippen LogP) is 2.77. The van der Waals surface area contributed by atoms with Gasteiger partial charge in [-0.2, -0.15) is 0 Å². The summed E-state index contributed by atoms with van der Waals surface area (Å²) in [5.74, 6) is 1.34. The van der Waals surface area contributed by atoms with Crippen molar-refractivity contribution in [2.75, 3.05) is 0 Å². The minimum absolute atomic E-state index is 0.671. The molecular formula is C14H10N3-. The molecule has 0 atom stereocenters. The van der Waals surface area contributed by atoms with Crippen LogP contribution in [0.1, 0.15) is 0 Å². The molecule has 0 aliphatic carbocycles. The molecule has 0 amide bonds. The Hall–Kier alpha value is -2.42. The van der Waals surface area contributed by atoms with Crippen LogP contribution in [0.15, 0.2) is 60.7 Å². The van der Waals surface area contributed by atoms with Gasteiger partial charge in [0.2, 0.25) is 0 Å². The fourth-order valence-electron chi connectivity index (χ4n) is 1.66. The summed E-state index contributed by atoms with van der Waals surface area (Å²) in [6.45, 7) is 0. The molecular weight excluding hydrogens is 210 g/mol. The molecule has 1 aromatic heterocycles. The van der Waals surface area contributed by atoms with Gasteiger partial charge in [0, 0.05) is 11.6 Å². The van der Waals surface area contributed by atoms with E-state index in [1.807, 2.05) is 60.7 Å². The minimum Gasteiger partial charge on any atom is -0.357 e. The van der Waals surface area contributed by atoms with Gasteiger partial charge in [0.05, 0.1) is 0 Å². The van der Waals surface area contributed by atoms with Crippen molar-refractivity contribution in [1.29, 1.82) is 0 Å². The zero-order chi connectivity index (χ0) is 11.5. The van der Waals surface area contributed by atoms with E-state index < -0.39 is 0 Å². The maximum Gasteiger partial charge on any atom is 0.0200 e. The molecule has 0 fully saturated rings. The zero-order valence-electron chi connectivity index (χ0n) is 9.12. The maximum absolute atomic E-state index is 4.43. The third-order valence-corrected chi connectivity index (χ3v) is 2.52. The smallest absolute Gasteiger partial charge is 0.0200 e. The van der Waals surface area contributed by atoms with Crippen molar-refractivity contribution >= 4 is 0 Å². The highest BCUT2D eigenvalue weighted by Crippen LogP contribution is 2.18. The molecule has 17 heavy (non-hydrogen) atoms. The summed E-state index contributed by atoms with van der Waals surface area (Å²) in [6.07, 6.45) is 0. The summed E-state index contributed by atoms with van der Waals surface area (Å²) < 4.78 is 0. The van der Waals surface area contributed by atoms with Crippen molar-refractivity contribution in [2.24, 2.45) is 0 Å². The Labute approximate surface area is 99.2 Å². The Morgan fingerprint density at radius 3 is 1.41 bits per heavy atom. The first-order valence-electron chi connectivity index (χ1n) is 5.42. The van der Waals surface area contributed by atoms with E-state index in [0.29, 0.717) is 11.6 Å². The Kier molecular flexibility index (Phi) is 2.43. The highest BCUT2D eigenvalue weighted by Gasteiger charge is 1.97. The van der Waals surface area contributed by atoms with Gasteiger partial charge in [-0.25, -0.2) is 0 Å². The number of rotatable bonds is 2. The van der Waals surface area contributed by atoms with E-state index in [1.54, 1.807) is 0 Å². The van der Waals surface area contributed by atoms with Crippen LogP contribution in [0.3, 0.4) is 0 Å². The second kappa shape index (κ2) is 4.22. The second-order valence-electron chi connectivity index (χ2n) is 3.69. The second-order valence-corrected chi connectivity index (χ2v) is 3.69. The topological polar surface area (TPSA) is 39.9 Å². The summed E-state index contributed by atoms with van der Waals surface area (Å²) in [5.41, 5.74) is 1.98. The molecule has 2 aromatic carbocycles. The Bertz CT molecular complexity index is 546. The van der Waals surface area contributed by atoms with Gasteiger partial charge >= 0.3 is 0 Å². The number of hydrogen-bond acceptors (Lipinski definition) is 2. The summed E-state index contributed by atoms with van der Waals surface area (Å²) >= 11 is 0. The van der Waals surface area contributed by atoms with E-state index in [9.17, 15) is 0 Å². The Morgan fingerprint density at radius 2 is 1.00 bits per heavy atom. The fourth-order valence-corrected chi connectivity index (χ4v) is 1.66. The highest BCUT2D eigenvalue weighted by atomic mass is 15.2. The van der Waals surface area contributed by atoms with E-state index in [0.717, 1.165) is 11.1 Å². The van der Waals surface area contributed by atoms with E-state index in [1.165, 1.54) is 0 Å². The Morgan fingerprint density at radius 1 is 0.588 bits per heavy atom. The monoisotopic (exact) mass is 220 g/mol. The molecule has 1 heterocycles. The predicted molar refractivity (Wildman–Crippen MR) is 66.2 cm³/mol. The van der Waals surface area contributed by atoms with Crippen molar-refractivity contribution in [3.63, 3.8) is 0 Å². The average molecular weight is 220 g/mol. The number of hydrogen-bond donors (Lipinski definition) is 0. The fraction of sp³-hybridized carbons (Fsp3) is 0. The molecule has 0 aliphatic rings. The maximum atomic E-state index is 4.43. The largest absolute Gasteiger partial charge is 0.357 e. The van der Waals surface area contributed by atoms with Crippen LogP contribution in [0.4, 0.5) is 0 Å². The van der Waals surface area contributed by atoms with Crippen LogP contribution >= 0.6 is 0 Å². The van der Waals surface area contributed by atoms with Gasteiger partial charge in [-0.15, -0.1) is 0 Å². The van der Waals surface area contributed by atoms with Crippen molar-refractivity contribution in [1.82, 2.24) is 15.2 Å². The third-order valence-electron chi connectivity index (χ3n) is 2.52. The first-order valence-corrected chi connectivity index (χ1v) is 5.42. The summed E-state index contributed by atoms with van der Waals surface area (Å²) in [6, 6.07) is 19.7. The molecule has 0 unspecified atom stereocenters. The molecule has 0 saturated carbocycles. The number of nitrogens with zero attached hydrogens (tertiary/aromatic N) is 3. The van der Waals surface area contributed by atoms with Crippen molar-refractivity contribution < 1.29 is 0 Å². The van der Waals surface area contributed by atoms with Crippen molar-refractivity contribution in [3.8, 4) is 22.8 Å². The van der Waals surface area contributed by atoms with Crippen LogP contribution in [0.5, 0.6) is 0 Å². The van der Waals surface area contributed by atoms with E-state index >= 15 is 0 Å². The van der Waals surface area contributed by atoms with Gasteiger partial charge in [0.15, 0.2) is 0 Å². The number of benzene rings is 2. The minimum atomic E-state index is 0.671. The molecule has 3 nitrogen and oxygen atoms in total. The van der Waals surface area contributed by atoms with Crippen LogP contribution in [-0.2, 0) is 0 Å². The van der Waals surface area contributed by atoms with E-state index in [4.69, 9.17) is 0 Å². The molecule has 82 valence electrons. The van der Waals surface area contributed by atoms with E-state index in [-0.39, 0.29) is 0 Å². The SMILES string of the molecule is c1ccc(-c2nnc(-c3ccccc3)[n-]2)cc1. The third kappa shape index (κ3) is 1.95. The highest BCUT2D eigenvalue weighted by molar-refractivity contribution is 5.60. The molecule has 3 heteroatoms. The standard InChI is InChI=1S/C14H10N3/c1-3-7-11(8-4-1)13-15-14(17-16-13)12-9-5-2-6-10-12/h1-10H/q-1. The Balaban J connectivity index is 1.99.